The molecule has 44 heavy (non-hydrogen) atoms. The minimum Gasteiger partial charge on any atom is -0.444 e. The molecule has 0 radical (unpaired) electrons. The Bertz CT molecular complexity index is 1510. The van der Waals surface area contributed by atoms with E-state index in [1.807, 2.05) is 61.4 Å². The van der Waals surface area contributed by atoms with Gasteiger partial charge in [-0.3, -0.25) is 0 Å². The van der Waals surface area contributed by atoms with Crippen molar-refractivity contribution in [1.29, 1.82) is 0 Å². The second-order valence-corrected chi connectivity index (χ2v) is 13.7. The first-order valence-corrected chi connectivity index (χ1v) is 15.5. The number of carbonyl (C=O) groups excluding carboxylic acids is 2. The van der Waals surface area contributed by atoms with E-state index in [0.29, 0.717) is 19.0 Å². The summed E-state index contributed by atoms with van der Waals surface area (Å²) in [6.45, 7) is 10.5. The summed E-state index contributed by atoms with van der Waals surface area (Å²) in [5, 5.41) is 8.44. The minimum atomic E-state index is -0.555. The van der Waals surface area contributed by atoms with Crippen molar-refractivity contribution < 1.29 is 19.1 Å². The standard InChI is InChI=1S/C31H43N9O4/c1-18(2)24-15-34-40-26(12-25(36-27(24)40)19-13-32-28(33-14-19)37(6)7)35-20-10-21-8-9-22(11-20)39(21)30(42)43-23-16-38(17-23)29(41)44-31(3,4)5/h12-15,18,20-23,35H,8-11,16-17H2,1-7H3. The Morgan fingerprint density at radius 2 is 1.68 bits per heavy atom. The fourth-order valence-corrected chi connectivity index (χ4v) is 6.32. The van der Waals surface area contributed by atoms with Crippen molar-refractivity contribution in [2.45, 2.75) is 96.1 Å². The summed E-state index contributed by atoms with van der Waals surface area (Å²) in [4.78, 5) is 44.8. The summed E-state index contributed by atoms with van der Waals surface area (Å²) in [6.07, 6.45) is 8.02. The van der Waals surface area contributed by atoms with Gasteiger partial charge in [0.25, 0.3) is 0 Å². The topological polar surface area (TPSA) is 130 Å². The normalized spacial score (nSPS) is 21.9. The van der Waals surface area contributed by atoms with Crippen LogP contribution in [0.2, 0.25) is 0 Å². The predicted octanol–water partition coefficient (Wildman–Crippen LogP) is 4.54. The molecule has 0 spiro atoms. The van der Waals surface area contributed by atoms with Gasteiger partial charge >= 0.3 is 12.2 Å². The molecule has 0 aromatic carbocycles. The molecule has 3 aromatic heterocycles. The molecule has 3 aliphatic heterocycles. The first-order chi connectivity index (χ1) is 20.9. The van der Waals surface area contributed by atoms with Gasteiger partial charge in [-0.15, -0.1) is 0 Å². The molecule has 2 amide bonds. The maximum absolute atomic E-state index is 13.3. The third-order valence-corrected chi connectivity index (χ3v) is 8.52. The van der Waals surface area contributed by atoms with E-state index in [-0.39, 0.29) is 42.3 Å². The molecule has 2 bridgehead atoms. The third kappa shape index (κ3) is 5.96. The van der Waals surface area contributed by atoms with Gasteiger partial charge in [0.15, 0.2) is 5.65 Å². The lowest BCUT2D eigenvalue weighted by molar-refractivity contribution is -0.0485. The van der Waals surface area contributed by atoms with Crippen LogP contribution in [-0.2, 0) is 9.47 Å². The molecule has 13 nitrogen and oxygen atoms in total. The number of aromatic nitrogens is 5. The van der Waals surface area contributed by atoms with Gasteiger partial charge in [0.05, 0.1) is 25.0 Å². The average molecular weight is 606 g/mol. The Kier molecular flexibility index (Phi) is 7.75. The van der Waals surface area contributed by atoms with Gasteiger partial charge in [0.2, 0.25) is 5.95 Å². The highest BCUT2D eigenvalue weighted by molar-refractivity contribution is 5.72. The Morgan fingerprint density at radius 3 is 2.27 bits per heavy atom. The monoisotopic (exact) mass is 605 g/mol. The van der Waals surface area contributed by atoms with Crippen LogP contribution in [0.5, 0.6) is 0 Å². The van der Waals surface area contributed by atoms with E-state index in [2.05, 4.69) is 29.1 Å². The molecule has 2 unspecified atom stereocenters. The highest BCUT2D eigenvalue weighted by Gasteiger charge is 2.46. The molecular formula is C31H43N9O4. The fraction of sp³-hybridized carbons (Fsp3) is 0.613. The van der Waals surface area contributed by atoms with Gasteiger partial charge in [0.1, 0.15) is 17.5 Å². The fourth-order valence-electron chi connectivity index (χ4n) is 6.32. The number of ether oxygens (including phenoxy) is 2. The van der Waals surface area contributed by atoms with Gasteiger partial charge in [-0.1, -0.05) is 13.8 Å². The molecule has 3 fully saturated rings. The van der Waals surface area contributed by atoms with E-state index in [1.165, 1.54) is 0 Å². The quantitative estimate of drug-likeness (QED) is 0.427. The molecule has 3 aliphatic rings. The number of amides is 2. The Hall–Kier alpha value is -4.16. The molecular weight excluding hydrogens is 562 g/mol. The summed E-state index contributed by atoms with van der Waals surface area (Å²) in [7, 11) is 3.82. The molecule has 3 aromatic rings. The predicted molar refractivity (Wildman–Crippen MR) is 166 cm³/mol. The van der Waals surface area contributed by atoms with E-state index in [0.717, 1.165) is 54.0 Å². The van der Waals surface area contributed by atoms with Crippen LogP contribution in [0.1, 0.15) is 71.8 Å². The van der Waals surface area contributed by atoms with Crippen molar-refractivity contribution in [3.05, 3.63) is 30.2 Å². The molecule has 6 rings (SSSR count). The highest BCUT2D eigenvalue weighted by Crippen LogP contribution is 2.38. The van der Waals surface area contributed by atoms with Crippen LogP contribution < -0.4 is 10.2 Å². The SMILES string of the molecule is CC(C)c1cnn2c(NC3CC4CCC(C3)N4C(=O)OC3CN(C(=O)OC(C)(C)C)C3)cc(-c3cnc(N(C)C)nc3)nc12. The Morgan fingerprint density at radius 1 is 1.02 bits per heavy atom. The van der Waals surface area contributed by atoms with E-state index in [9.17, 15) is 9.59 Å². The van der Waals surface area contributed by atoms with Crippen LogP contribution in [0.3, 0.4) is 0 Å². The van der Waals surface area contributed by atoms with Crippen LogP contribution in [-0.4, -0.2) is 104 Å². The molecule has 0 saturated carbocycles. The Balaban J connectivity index is 1.14. The first kappa shape index (κ1) is 29.9. The van der Waals surface area contributed by atoms with Crippen molar-refractivity contribution >= 4 is 29.6 Å². The number of hydrogen-bond donors (Lipinski definition) is 1. The minimum absolute atomic E-state index is 0.0911. The lowest BCUT2D eigenvalue weighted by Gasteiger charge is -2.42. The summed E-state index contributed by atoms with van der Waals surface area (Å²) >= 11 is 0. The van der Waals surface area contributed by atoms with E-state index in [4.69, 9.17) is 19.6 Å². The van der Waals surface area contributed by atoms with Gasteiger partial charge in [0, 0.05) is 61.8 Å². The number of anilines is 2. The highest BCUT2D eigenvalue weighted by atomic mass is 16.6. The maximum Gasteiger partial charge on any atom is 0.410 e. The zero-order valence-corrected chi connectivity index (χ0v) is 26.6. The summed E-state index contributed by atoms with van der Waals surface area (Å²) in [6, 6.07) is 2.34. The van der Waals surface area contributed by atoms with E-state index >= 15 is 0 Å². The van der Waals surface area contributed by atoms with Crippen molar-refractivity contribution in [3.8, 4) is 11.3 Å². The number of hydrogen-bond acceptors (Lipinski definition) is 10. The van der Waals surface area contributed by atoms with Gasteiger partial charge in [-0.25, -0.2) is 24.5 Å². The zero-order valence-electron chi connectivity index (χ0n) is 26.6. The lowest BCUT2D eigenvalue weighted by atomic mass is 9.97. The summed E-state index contributed by atoms with van der Waals surface area (Å²) in [5.41, 5.74) is 2.93. The van der Waals surface area contributed by atoms with E-state index in [1.54, 1.807) is 17.3 Å². The van der Waals surface area contributed by atoms with Gasteiger partial charge in [-0.05, 0) is 52.4 Å². The van der Waals surface area contributed by atoms with Crippen LogP contribution >= 0.6 is 0 Å². The third-order valence-electron chi connectivity index (χ3n) is 8.52. The molecule has 13 heteroatoms. The number of likely N-dealkylation sites (tertiary alicyclic amines) is 1. The van der Waals surface area contributed by atoms with Crippen molar-refractivity contribution in [3.63, 3.8) is 0 Å². The zero-order chi connectivity index (χ0) is 31.3. The number of nitrogens with one attached hydrogen (secondary N) is 1. The summed E-state index contributed by atoms with van der Waals surface area (Å²) in [5.74, 6) is 1.75. The maximum atomic E-state index is 13.3. The van der Waals surface area contributed by atoms with Gasteiger partial charge in [-0.2, -0.15) is 9.61 Å². The molecule has 0 aliphatic carbocycles. The number of rotatable bonds is 6. The smallest absolute Gasteiger partial charge is 0.410 e. The summed E-state index contributed by atoms with van der Waals surface area (Å²) < 4.78 is 13.1. The van der Waals surface area contributed by atoms with Crippen molar-refractivity contribution in [1.82, 2.24) is 34.4 Å². The molecule has 6 heterocycles. The number of piperidine rings is 1. The van der Waals surface area contributed by atoms with E-state index < -0.39 is 5.60 Å². The number of nitrogens with zero attached hydrogens (tertiary/aromatic N) is 8. The van der Waals surface area contributed by atoms with Crippen LogP contribution in [0, 0.1) is 0 Å². The molecule has 2 atom stereocenters. The second-order valence-electron chi connectivity index (χ2n) is 13.7. The number of carbonyl (C=O) groups is 2. The van der Waals surface area contributed by atoms with Crippen LogP contribution in [0.15, 0.2) is 24.7 Å². The lowest BCUT2D eigenvalue weighted by Crippen LogP contribution is -2.58. The van der Waals surface area contributed by atoms with Crippen LogP contribution in [0.25, 0.3) is 16.9 Å². The van der Waals surface area contributed by atoms with Crippen molar-refractivity contribution in [2.75, 3.05) is 37.4 Å². The first-order valence-electron chi connectivity index (χ1n) is 15.5. The average Bonchev–Trinajstić information content (AvgIpc) is 3.48. The Labute approximate surface area is 257 Å². The molecule has 3 saturated heterocycles. The van der Waals surface area contributed by atoms with Gasteiger partial charge < -0.3 is 29.5 Å². The molecule has 1 N–H and O–H groups in total. The van der Waals surface area contributed by atoms with Crippen LogP contribution in [0.4, 0.5) is 21.4 Å². The number of fused-ring (bicyclic) bond motifs is 3. The molecule has 236 valence electrons. The van der Waals surface area contributed by atoms with Crippen molar-refractivity contribution in [2.24, 2.45) is 0 Å². The second kappa shape index (κ2) is 11.4. The largest absolute Gasteiger partial charge is 0.444 e.